The molecule has 0 radical (unpaired) electrons. The van der Waals surface area contributed by atoms with Crippen LogP contribution in [0.2, 0.25) is 0 Å². The molecule has 0 saturated carbocycles. The molecule has 0 N–H and O–H groups in total. The Morgan fingerprint density at radius 1 is 1.42 bits per heavy atom. The van der Waals surface area contributed by atoms with Gasteiger partial charge < -0.3 is 0 Å². The van der Waals surface area contributed by atoms with Crippen molar-refractivity contribution >= 4 is 0 Å². The van der Waals surface area contributed by atoms with Crippen LogP contribution >= 0.6 is 0 Å². The molecule has 1 unspecified atom stereocenters. The second-order valence-corrected chi connectivity index (χ2v) is 3.21. The molecule has 0 bridgehead atoms. The third kappa shape index (κ3) is 1.23. The van der Waals surface area contributed by atoms with Crippen LogP contribution in [0.3, 0.4) is 0 Å². The lowest BCUT2D eigenvalue weighted by atomic mass is 9.86. The molecule has 0 amide bonds. The Balaban J connectivity index is 2.84. The summed E-state index contributed by atoms with van der Waals surface area (Å²) in [5.41, 5.74) is -0.493. The average Bonchev–Trinajstić information content (AvgIpc) is 2.17. The lowest BCUT2D eigenvalue weighted by molar-refractivity contribution is 0.153. The highest BCUT2D eigenvalue weighted by Gasteiger charge is 2.36. The van der Waals surface area contributed by atoms with Crippen molar-refractivity contribution in [3.63, 3.8) is 0 Å². The third-order valence-electron chi connectivity index (χ3n) is 2.65. The smallest absolute Gasteiger partial charge is 0.180 e. The van der Waals surface area contributed by atoms with Crippen molar-refractivity contribution in [3.8, 4) is 12.3 Å². The van der Waals surface area contributed by atoms with Crippen molar-refractivity contribution in [3.05, 3.63) is 0 Å². The number of nitrogens with zero attached hydrogens (tertiary/aromatic N) is 3. The second-order valence-electron chi connectivity index (χ2n) is 3.21. The zero-order valence-electron chi connectivity index (χ0n) is 7.38. The number of piperidine rings is 1. The van der Waals surface area contributed by atoms with E-state index < -0.39 is 5.54 Å². The normalized spacial score (nSPS) is 29.1. The molecule has 0 aliphatic carbocycles. The zero-order chi connectivity index (χ0) is 9.03. The summed E-state index contributed by atoms with van der Waals surface area (Å²) in [5.74, 6) is 0. The molecule has 1 rings (SSSR count). The van der Waals surface area contributed by atoms with Crippen molar-refractivity contribution < 1.29 is 0 Å². The monoisotopic (exact) mass is 163 g/mol. The molecule has 1 aliphatic heterocycles. The number of hydrogen-bond acceptors (Lipinski definition) is 3. The number of nitriles is 2. The Bertz CT molecular complexity index is 235. The molecule has 1 heterocycles. The Hall–Kier alpha value is -1.22. The molecule has 3 heteroatoms. The predicted molar refractivity (Wildman–Crippen MR) is 44.8 cm³/mol. The molecular formula is C9H13N3. The van der Waals surface area contributed by atoms with Crippen LogP contribution in [0.5, 0.6) is 0 Å². The lowest BCUT2D eigenvalue weighted by Gasteiger charge is -2.37. The van der Waals surface area contributed by atoms with E-state index in [1.165, 1.54) is 0 Å². The molecule has 0 aromatic rings. The minimum atomic E-state index is -0.493. The van der Waals surface area contributed by atoms with E-state index in [2.05, 4.69) is 12.3 Å². The maximum atomic E-state index is 9.00. The molecular weight excluding hydrogens is 150 g/mol. The summed E-state index contributed by atoms with van der Waals surface area (Å²) in [6.07, 6.45) is 5.80. The van der Waals surface area contributed by atoms with Crippen molar-refractivity contribution in [1.29, 1.82) is 10.5 Å². The van der Waals surface area contributed by atoms with Crippen molar-refractivity contribution in [1.82, 2.24) is 4.90 Å². The van der Waals surface area contributed by atoms with Gasteiger partial charge in [-0.15, -0.1) is 0 Å². The van der Waals surface area contributed by atoms with Crippen LogP contribution in [0.4, 0.5) is 0 Å². The van der Waals surface area contributed by atoms with Crippen LogP contribution in [0.25, 0.3) is 0 Å². The summed E-state index contributed by atoms with van der Waals surface area (Å²) < 4.78 is 0. The highest BCUT2D eigenvalue weighted by atomic mass is 15.2. The van der Waals surface area contributed by atoms with Crippen LogP contribution in [-0.2, 0) is 0 Å². The molecule has 1 saturated heterocycles. The van der Waals surface area contributed by atoms with Gasteiger partial charge in [-0.2, -0.15) is 10.5 Å². The fraction of sp³-hybridized carbons (Fsp3) is 0.778. The SMILES string of the molecule is CCC1(C#N)CCCCN1C#N. The molecule has 64 valence electrons. The van der Waals surface area contributed by atoms with E-state index in [1.807, 2.05) is 6.92 Å². The average molecular weight is 163 g/mol. The maximum Gasteiger partial charge on any atom is 0.180 e. The van der Waals surface area contributed by atoms with E-state index in [4.69, 9.17) is 10.5 Å². The lowest BCUT2D eigenvalue weighted by Crippen LogP contribution is -2.47. The highest BCUT2D eigenvalue weighted by molar-refractivity contribution is 5.12. The third-order valence-corrected chi connectivity index (χ3v) is 2.65. The summed E-state index contributed by atoms with van der Waals surface area (Å²) in [7, 11) is 0. The number of likely N-dealkylation sites (tertiary alicyclic amines) is 1. The number of hydrogen-bond donors (Lipinski definition) is 0. The first-order valence-electron chi connectivity index (χ1n) is 4.37. The van der Waals surface area contributed by atoms with Crippen molar-refractivity contribution in [2.45, 2.75) is 38.1 Å². The molecule has 1 fully saturated rings. The van der Waals surface area contributed by atoms with Gasteiger partial charge in [-0.05, 0) is 25.7 Å². The summed E-state index contributed by atoms with van der Waals surface area (Å²) >= 11 is 0. The van der Waals surface area contributed by atoms with E-state index in [1.54, 1.807) is 4.90 Å². The largest absolute Gasteiger partial charge is 0.291 e. The van der Waals surface area contributed by atoms with Crippen LogP contribution in [0, 0.1) is 22.8 Å². The zero-order valence-corrected chi connectivity index (χ0v) is 7.38. The molecule has 0 aromatic carbocycles. The van der Waals surface area contributed by atoms with Crippen molar-refractivity contribution in [2.75, 3.05) is 6.54 Å². The quantitative estimate of drug-likeness (QED) is 0.552. The van der Waals surface area contributed by atoms with Crippen LogP contribution < -0.4 is 0 Å². The highest BCUT2D eigenvalue weighted by Crippen LogP contribution is 2.29. The van der Waals surface area contributed by atoms with Gasteiger partial charge in [-0.25, -0.2) is 0 Å². The first-order valence-corrected chi connectivity index (χ1v) is 4.37. The number of rotatable bonds is 1. The van der Waals surface area contributed by atoms with Crippen molar-refractivity contribution in [2.24, 2.45) is 0 Å². The van der Waals surface area contributed by atoms with E-state index >= 15 is 0 Å². The minimum absolute atomic E-state index is 0.493. The van der Waals surface area contributed by atoms with Gasteiger partial charge in [0.1, 0.15) is 5.54 Å². The van der Waals surface area contributed by atoms with Gasteiger partial charge in [0.25, 0.3) is 0 Å². The van der Waals surface area contributed by atoms with Gasteiger partial charge in [0.05, 0.1) is 6.07 Å². The topological polar surface area (TPSA) is 50.8 Å². The summed E-state index contributed by atoms with van der Waals surface area (Å²) in [6.45, 7) is 2.72. The second kappa shape index (κ2) is 3.45. The van der Waals surface area contributed by atoms with Gasteiger partial charge in [0.2, 0.25) is 0 Å². The molecule has 12 heavy (non-hydrogen) atoms. The summed E-state index contributed by atoms with van der Waals surface area (Å²) in [6, 6.07) is 2.27. The summed E-state index contributed by atoms with van der Waals surface area (Å²) in [4.78, 5) is 1.64. The fourth-order valence-electron chi connectivity index (χ4n) is 1.74. The van der Waals surface area contributed by atoms with Gasteiger partial charge in [-0.1, -0.05) is 6.92 Å². The fourth-order valence-corrected chi connectivity index (χ4v) is 1.74. The van der Waals surface area contributed by atoms with E-state index in [-0.39, 0.29) is 0 Å². The molecule has 1 atom stereocenters. The van der Waals surface area contributed by atoms with Crippen LogP contribution in [0.15, 0.2) is 0 Å². The first-order chi connectivity index (χ1) is 5.79. The Morgan fingerprint density at radius 2 is 2.17 bits per heavy atom. The molecule has 0 aromatic heterocycles. The predicted octanol–water partition coefficient (Wildman–Crippen LogP) is 1.63. The van der Waals surface area contributed by atoms with Gasteiger partial charge >= 0.3 is 0 Å². The molecule has 0 spiro atoms. The Kier molecular flexibility index (Phi) is 2.55. The van der Waals surface area contributed by atoms with E-state index in [0.29, 0.717) is 0 Å². The van der Waals surface area contributed by atoms with Crippen LogP contribution in [-0.4, -0.2) is 17.0 Å². The molecule has 3 nitrogen and oxygen atoms in total. The standard InChI is InChI=1S/C9H13N3/c1-2-9(7-10)5-3-4-6-12(9)8-11/h2-6H2,1H3. The van der Waals surface area contributed by atoms with Gasteiger partial charge in [0, 0.05) is 6.54 Å². The van der Waals surface area contributed by atoms with E-state index in [9.17, 15) is 0 Å². The van der Waals surface area contributed by atoms with Gasteiger partial charge in [0.15, 0.2) is 6.19 Å². The summed E-state index contributed by atoms with van der Waals surface area (Å²) in [5, 5.41) is 17.8. The van der Waals surface area contributed by atoms with Crippen LogP contribution in [0.1, 0.15) is 32.6 Å². The molecule has 1 aliphatic rings. The van der Waals surface area contributed by atoms with Gasteiger partial charge in [-0.3, -0.25) is 4.90 Å². The van der Waals surface area contributed by atoms with E-state index in [0.717, 1.165) is 32.2 Å². The first kappa shape index (κ1) is 8.87. The Morgan fingerprint density at radius 3 is 2.58 bits per heavy atom. The minimum Gasteiger partial charge on any atom is -0.291 e. The maximum absolute atomic E-state index is 9.00. The Labute approximate surface area is 73.2 Å².